The van der Waals surface area contributed by atoms with Gasteiger partial charge in [-0.1, -0.05) is 12.6 Å². The molecule has 0 aliphatic carbocycles. The van der Waals surface area contributed by atoms with Gasteiger partial charge in [0.05, 0.1) is 23.5 Å². The molecule has 3 heterocycles. The number of carbonyl (C=O) groups is 1. The molecule has 1 aromatic carbocycles. The smallest absolute Gasteiger partial charge is 0.248 e. The Morgan fingerprint density at radius 1 is 1.17 bits per heavy atom. The lowest BCUT2D eigenvalue weighted by Crippen LogP contribution is -2.12. The van der Waals surface area contributed by atoms with E-state index in [-0.39, 0.29) is 16.9 Å². The fraction of sp³-hybridized carbons (Fsp3) is 0.0476. The number of aromatic nitrogens is 4. The van der Waals surface area contributed by atoms with Gasteiger partial charge in [0.15, 0.2) is 0 Å². The maximum atomic E-state index is 11.4. The molecule has 0 aliphatic heterocycles. The molecule has 0 radical (unpaired) electrons. The number of aromatic hydroxyl groups is 1. The summed E-state index contributed by atoms with van der Waals surface area (Å²) in [6.07, 6.45) is 6.92. The molecular formula is C21H16N6O2. The molecule has 0 saturated carbocycles. The Balaban J connectivity index is 1.96. The van der Waals surface area contributed by atoms with Crippen LogP contribution in [0, 0.1) is 11.3 Å². The van der Waals surface area contributed by atoms with Crippen molar-refractivity contribution in [3.05, 3.63) is 66.8 Å². The van der Waals surface area contributed by atoms with Crippen LogP contribution in [0.3, 0.4) is 0 Å². The molecule has 0 atom stereocenters. The number of nitrogens with zero attached hydrogens (tertiary/aromatic N) is 5. The van der Waals surface area contributed by atoms with Crippen molar-refractivity contribution in [3.8, 4) is 34.1 Å². The number of nitrogens with two attached hydrogens (primary N) is 1. The molecule has 0 fully saturated rings. The van der Waals surface area contributed by atoms with Crippen molar-refractivity contribution in [1.29, 1.82) is 5.26 Å². The summed E-state index contributed by atoms with van der Waals surface area (Å²) >= 11 is 0. The van der Waals surface area contributed by atoms with Crippen molar-refractivity contribution < 1.29 is 9.90 Å². The van der Waals surface area contributed by atoms with Gasteiger partial charge in [0.2, 0.25) is 5.91 Å². The minimum Gasteiger partial charge on any atom is -0.507 e. The van der Waals surface area contributed by atoms with Gasteiger partial charge < -0.3 is 10.8 Å². The average molecular weight is 384 g/mol. The number of hydrogen-bond acceptors (Lipinski definition) is 5. The van der Waals surface area contributed by atoms with Gasteiger partial charge in [0, 0.05) is 47.3 Å². The lowest BCUT2D eigenvalue weighted by Gasteiger charge is -2.11. The molecule has 3 N–H and O–H groups in total. The topological polar surface area (TPSA) is 122 Å². The van der Waals surface area contributed by atoms with E-state index >= 15 is 0 Å². The first kappa shape index (κ1) is 18.0. The third-order valence-electron chi connectivity index (χ3n) is 4.70. The Morgan fingerprint density at radius 2 is 1.97 bits per heavy atom. The number of benzene rings is 1. The van der Waals surface area contributed by atoms with Gasteiger partial charge in [-0.2, -0.15) is 15.5 Å². The lowest BCUT2D eigenvalue weighted by atomic mass is 9.97. The fourth-order valence-corrected chi connectivity index (χ4v) is 3.24. The first-order chi connectivity index (χ1) is 13.9. The Morgan fingerprint density at radius 3 is 2.59 bits per heavy atom. The van der Waals surface area contributed by atoms with E-state index in [1.54, 1.807) is 27.5 Å². The zero-order chi connectivity index (χ0) is 20.7. The predicted octanol–water partition coefficient (Wildman–Crippen LogP) is 2.48. The number of fused-ring (bicyclic) bond motifs is 1. The average Bonchev–Trinajstić information content (AvgIpc) is 3.32. The van der Waals surface area contributed by atoms with Crippen molar-refractivity contribution in [2.75, 3.05) is 0 Å². The van der Waals surface area contributed by atoms with Crippen LogP contribution in [0.2, 0.25) is 0 Å². The largest absolute Gasteiger partial charge is 0.507 e. The van der Waals surface area contributed by atoms with Crippen molar-refractivity contribution in [2.45, 2.75) is 0 Å². The van der Waals surface area contributed by atoms with E-state index in [0.717, 1.165) is 11.1 Å². The number of carbonyl (C=O) groups excluding carboxylic acids is 1. The lowest BCUT2D eigenvalue weighted by molar-refractivity contribution is -0.112. The van der Waals surface area contributed by atoms with E-state index in [2.05, 4.69) is 22.8 Å². The summed E-state index contributed by atoms with van der Waals surface area (Å²) in [5.74, 6) is -0.842. The monoisotopic (exact) mass is 384 g/mol. The first-order valence-electron chi connectivity index (χ1n) is 8.62. The van der Waals surface area contributed by atoms with Crippen LogP contribution >= 0.6 is 0 Å². The van der Waals surface area contributed by atoms with E-state index in [0.29, 0.717) is 22.2 Å². The minimum absolute atomic E-state index is 0.0189. The summed E-state index contributed by atoms with van der Waals surface area (Å²) in [4.78, 5) is 11.4. The molecule has 8 nitrogen and oxygen atoms in total. The normalized spacial score (nSPS) is 10.8. The highest BCUT2D eigenvalue weighted by Crippen LogP contribution is 2.35. The molecule has 0 spiro atoms. The second-order valence-electron chi connectivity index (χ2n) is 6.58. The SMILES string of the molecule is C=C(C(N)=O)c1ccc(-c2cc(-c3cnn(C)c3)cn3ncc(C#N)c23)cc1O. The van der Waals surface area contributed by atoms with Gasteiger partial charge in [0.25, 0.3) is 0 Å². The quantitative estimate of drug-likeness (QED) is 0.523. The molecule has 4 aromatic rings. The molecule has 4 rings (SSSR count). The fourth-order valence-electron chi connectivity index (χ4n) is 3.24. The number of phenols is 1. The number of aryl methyl sites for hydroxylation is 1. The number of phenolic OH excluding ortho intramolecular Hbond substituents is 1. The number of nitriles is 1. The second kappa shape index (κ2) is 6.65. The van der Waals surface area contributed by atoms with Gasteiger partial charge in [-0.25, -0.2) is 4.52 Å². The molecule has 142 valence electrons. The molecule has 0 unspecified atom stereocenters. The second-order valence-corrected chi connectivity index (χ2v) is 6.58. The van der Waals surface area contributed by atoms with Crippen LogP contribution in [0.5, 0.6) is 5.75 Å². The zero-order valence-corrected chi connectivity index (χ0v) is 15.5. The highest BCUT2D eigenvalue weighted by atomic mass is 16.3. The molecule has 0 saturated heterocycles. The Bertz CT molecular complexity index is 1340. The Labute approximate surface area is 165 Å². The Hall–Kier alpha value is -4.38. The highest BCUT2D eigenvalue weighted by molar-refractivity contribution is 6.18. The number of primary amides is 1. The molecule has 0 aliphatic rings. The number of amides is 1. The van der Waals surface area contributed by atoms with Crippen LogP contribution in [0.4, 0.5) is 0 Å². The Kier molecular flexibility index (Phi) is 4.13. The molecular weight excluding hydrogens is 368 g/mol. The third kappa shape index (κ3) is 3.00. The third-order valence-corrected chi connectivity index (χ3v) is 4.70. The van der Waals surface area contributed by atoms with Crippen LogP contribution in [-0.2, 0) is 11.8 Å². The molecule has 29 heavy (non-hydrogen) atoms. The summed E-state index contributed by atoms with van der Waals surface area (Å²) in [5, 5.41) is 28.4. The summed E-state index contributed by atoms with van der Waals surface area (Å²) < 4.78 is 3.32. The van der Waals surface area contributed by atoms with Crippen LogP contribution in [0.15, 0.2) is 55.6 Å². The molecule has 8 heteroatoms. The number of rotatable bonds is 4. The minimum atomic E-state index is -0.712. The molecule has 3 aromatic heterocycles. The van der Waals surface area contributed by atoms with Crippen LogP contribution < -0.4 is 5.73 Å². The van der Waals surface area contributed by atoms with Crippen molar-refractivity contribution in [1.82, 2.24) is 19.4 Å². The van der Waals surface area contributed by atoms with Crippen molar-refractivity contribution in [3.63, 3.8) is 0 Å². The van der Waals surface area contributed by atoms with E-state index in [9.17, 15) is 15.2 Å². The van der Waals surface area contributed by atoms with Crippen LogP contribution in [0.25, 0.3) is 33.3 Å². The van der Waals surface area contributed by atoms with Gasteiger partial charge >= 0.3 is 0 Å². The summed E-state index contributed by atoms with van der Waals surface area (Å²) in [5.41, 5.74) is 9.64. The molecule has 1 amide bonds. The maximum Gasteiger partial charge on any atom is 0.248 e. The van der Waals surface area contributed by atoms with Gasteiger partial charge in [-0.3, -0.25) is 9.48 Å². The summed E-state index contributed by atoms with van der Waals surface area (Å²) in [7, 11) is 1.83. The van der Waals surface area contributed by atoms with Gasteiger partial charge in [-0.05, 0) is 23.8 Å². The number of pyridine rings is 1. The van der Waals surface area contributed by atoms with E-state index in [1.165, 1.54) is 12.3 Å². The molecule has 0 bridgehead atoms. The van der Waals surface area contributed by atoms with Crippen LogP contribution in [-0.4, -0.2) is 30.4 Å². The highest BCUT2D eigenvalue weighted by Gasteiger charge is 2.17. The summed E-state index contributed by atoms with van der Waals surface area (Å²) in [6.45, 7) is 3.61. The van der Waals surface area contributed by atoms with Crippen molar-refractivity contribution in [2.24, 2.45) is 12.8 Å². The van der Waals surface area contributed by atoms with Crippen molar-refractivity contribution >= 4 is 17.0 Å². The van der Waals surface area contributed by atoms with Gasteiger partial charge in [-0.15, -0.1) is 0 Å². The van der Waals surface area contributed by atoms with Gasteiger partial charge in [0.1, 0.15) is 11.8 Å². The zero-order valence-electron chi connectivity index (χ0n) is 15.5. The maximum absolute atomic E-state index is 11.4. The standard InChI is InChI=1S/C21H16N6O2/c1-12(21(23)29)17-4-3-13(6-19(17)28)18-5-14(16-9-24-26(2)10-16)11-27-20(18)15(7-22)8-25-27/h3-6,8-11,28H,1H2,2H3,(H2,23,29). The van der Waals surface area contributed by atoms with E-state index < -0.39 is 5.91 Å². The summed E-state index contributed by atoms with van der Waals surface area (Å²) in [6, 6.07) is 8.88. The first-order valence-corrected chi connectivity index (χ1v) is 8.62. The van der Waals surface area contributed by atoms with Crippen LogP contribution in [0.1, 0.15) is 11.1 Å². The van der Waals surface area contributed by atoms with E-state index in [1.807, 2.05) is 25.5 Å². The van der Waals surface area contributed by atoms with E-state index in [4.69, 9.17) is 5.73 Å². The predicted molar refractivity (Wildman–Crippen MR) is 107 cm³/mol. The number of hydrogen-bond donors (Lipinski definition) is 2.